The van der Waals surface area contributed by atoms with Crippen molar-refractivity contribution >= 4 is 22.2 Å². The maximum absolute atomic E-state index is 13.4. The van der Waals surface area contributed by atoms with Crippen molar-refractivity contribution in [3.8, 4) is 22.8 Å². The highest BCUT2D eigenvalue weighted by Crippen LogP contribution is 2.42. The van der Waals surface area contributed by atoms with Crippen LogP contribution < -0.4 is 9.75 Å². The summed E-state index contributed by atoms with van der Waals surface area (Å²) >= 11 is 1.48. The second kappa shape index (κ2) is 8.43. The van der Waals surface area contributed by atoms with Crippen LogP contribution in [-0.2, 0) is 0 Å². The molecule has 0 fully saturated rings. The average Bonchev–Trinajstić information content (AvgIpc) is 3.48. The van der Waals surface area contributed by atoms with Gasteiger partial charge in [-0.05, 0) is 35.9 Å². The molecule has 5 nitrogen and oxygen atoms in total. The Morgan fingerprint density at radius 1 is 1.03 bits per heavy atom. The van der Waals surface area contributed by atoms with E-state index in [1.54, 1.807) is 31.4 Å². The molecule has 160 valence electrons. The van der Waals surface area contributed by atoms with Crippen LogP contribution in [0.15, 0.2) is 83.3 Å². The van der Waals surface area contributed by atoms with Crippen LogP contribution in [-0.4, -0.2) is 22.9 Å². The lowest BCUT2D eigenvalue weighted by Gasteiger charge is -2.21. The van der Waals surface area contributed by atoms with Crippen LogP contribution in [0.5, 0.6) is 11.5 Å². The third-order valence-electron chi connectivity index (χ3n) is 5.44. The van der Waals surface area contributed by atoms with Gasteiger partial charge in [-0.3, -0.25) is 0 Å². The second-order valence-corrected chi connectivity index (χ2v) is 8.26. The molecule has 4 aromatic rings. The van der Waals surface area contributed by atoms with E-state index < -0.39 is 0 Å². The highest BCUT2D eigenvalue weighted by atomic mass is 32.1. The smallest absolute Gasteiger partial charge is 0.207 e. The molecular formula is C25H20FN3O2S. The Labute approximate surface area is 189 Å². The molecule has 5 rings (SSSR count). The summed E-state index contributed by atoms with van der Waals surface area (Å²) in [6.07, 6.45) is 0.567. The van der Waals surface area contributed by atoms with Gasteiger partial charge in [0.2, 0.25) is 5.13 Å². The maximum atomic E-state index is 13.4. The average molecular weight is 446 g/mol. The molecule has 1 N–H and O–H groups in total. The number of nitrogens with zero attached hydrogens (tertiary/aromatic N) is 3. The van der Waals surface area contributed by atoms with E-state index in [9.17, 15) is 9.50 Å². The van der Waals surface area contributed by atoms with Crippen molar-refractivity contribution in [1.29, 1.82) is 0 Å². The van der Waals surface area contributed by atoms with Crippen molar-refractivity contribution in [2.45, 2.75) is 12.5 Å². The van der Waals surface area contributed by atoms with Gasteiger partial charge < -0.3 is 9.84 Å². The van der Waals surface area contributed by atoms with E-state index in [0.717, 1.165) is 33.8 Å². The Bertz CT molecular complexity index is 1290. The summed E-state index contributed by atoms with van der Waals surface area (Å²) in [6, 6.07) is 21.1. The van der Waals surface area contributed by atoms with Crippen LogP contribution in [0.25, 0.3) is 11.3 Å². The second-order valence-electron chi connectivity index (χ2n) is 7.42. The van der Waals surface area contributed by atoms with Crippen LogP contribution in [0.3, 0.4) is 0 Å². The summed E-state index contributed by atoms with van der Waals surface area (Å²) < 4.78 is 18.8. The number of halogens is 1. The van der Waals surface area contributed by atoms with E-state index in [0.29, 0.717) is 11.6 Å². The summed E-state index contributed by atoms with van der Waals surface area (Å²) in [6.45, 7) is 0. The SMILES string of the molecule is COc1cccc(-c2csc(N3N=C(c4ccc(F)cc4)CC3c3ccccc3O)n2)c1. The molecule has 3 aromatic carbocycles. The number of hydrazone groups is 1. The predicted octanol–water partition coefficient (Wildman–Crippen LogP) is 6.02. The summed E-state index contributed by atoms with van der Waals surface area (Å²) in [5.41, 5.74) is 4.21. The van der Waals surface area contributed by atoms with Crippen molar-refractivity contribution in [3.05, 3.63) is 95.1 Å². The number of rotatable bonds is 5. The van der Waals surface area contributed by atoms with Crippen LogP contribution in [0.4, 0.5) is 9.52 Å². The summed E-state index contributed by atoms with van der Waals surface area (Å²) in [5, 5.41) is 19.9. The first-order valence-electron chi connectivity index (χ1n) is 10.1. The molecule has 2 heterocycles. The number of methoxy groups -OCH3 is 1. The molecule has 0 aliphatic carbocycles. The van der Waals surface area contributed by atoms with Gasteiger partial charge in [-0.1, -0.05) is 42.5 Å². The molecule has 0 saturated carbocycles. The Morgan fingerprint density at radius 2 is 1.84 bits per heavy atom. The first-order chi connectivity index (χ1) is 15.6. The molecule has 1 atom stereocenters. The van der Waals surface area contributed by atoms with E-state index in [4.69, 9.17) is 14.8 Å². The minimum absolute atomic E-state index is 0.211. The number of phenolic OH excluding ortho intramolecular Hbond substituents is 1. The predicted molar refractivity (Wildman–Crippen MR) is 125 cm³/mol. The Morgan fingerprint density at radius 3 is 2.62 bits per heavy atom. The lowest BCUT2D eigenvalue weighted by atomic mass is 9.98. The Kier molecular flexibility index (Phi) is 5.33. The number of thiazole rings is 1. The molecule has 1 aromatic heterocycles. The molecule has 7 heteroatoms. The van der Waals surface area contributed by atoms with E-state index >= 15 is 0 Å². The lowest BCUT2D eigenvalue weighted by molar-refractivity contribution is 0.415. The van der Waals surface area contributed by atoms with Crippen molar-refractivity contribution in [3.63, 3.8) is 0 Å². The maximum Gasteiger partial charge on any atom is 0.207 e. The molecule has 1 unspecified atom stereocenters. The summed E-state index contributed by atoms with van der Waals surface area (Å²) in [5.74, 6) is 0.689. The fraction of sp³-hybridized carbons (Fsp3) is 0.120. The molecule has 1 aliphatic rings. The van der Waals surface area contributed by atoms with Crippen LogP contribution in [0.2, 0.25) is 0 Å². The number of para-hydroxylation sites is 1. The zero-order valence-electron chi connectivity index (χ0n) is 17.3. The first-order valence-corrected chi connectivity index (χ1v) is 11.0. The van der Waals surface area contributed by atoms with Crippen LogP contribution in [0, 0.1) is 5.82 Å². The summed E-state index contributed by atoms with van der Waals surface area (Å²) in [4.78, 5) is 4.83. The van der Waals surface area contributed by atoms with E-state index in [-0.39, 0.29) is 17.6 Å². The van der Waals surface area contributed by atoms with Gasteiger partial charge in [0.15, 0.2) is 0 Å². The molecule has 32 heavy (non-hydrogen) atoms. The number of aromatic nitrogens is 1. The number of benzene rings is 3. The minimum atomic E-state index is -0.288. The standard InChI is InChI=1S/C25H20FN3O2S/c1-31-19-6-4-5-17(13-19)22-15-32-25(27-22)29-23(20-7-2-3-8-24(20)30)14-21(28-29)16-9-11-18(26)12-10-16/h2-13,15,23,30H,14H2,1H3. The molecular weight excluding hydrogens is 425 g/mol. The third-order valence-corrected chi connectivity index (χ3v) is 6.27. The van der Waals surface area contributed by atoms with Gasteiger partial charge in [0.25, 0.3) is 0 Å². The number of hydrogen-bond donors (Lipinski definition) is 1. The van der Waals surface area contributed by atoms with E-state index in [1.807, 2.05) is 46.8 Å². The van der Waals surface area contributed by atoms with Crippen LogP contribution >= 0.6 is 11.3 Å². The molecule has 0 radical (unpaired) electrons. The van der Waals surface area contributed by atoms with Crippen molar-refractivity contribution in [2.75, 3.05) is 12.1 Å². The largest absolute Gasteiger partial charge is 0.508 e. The highest BCUT2D eigenvalue weighted by molar-refractivity contribution is 7.14. The number of phenols is 1. The third kappa shape index (κ3) is 3.83. The Balaban J connectivity index is 1.54. The van der Waals surface area contributed by atoms with Gasteiger partial charge in [-0.25, -0.2) is 14.4 Å². The fourth-order valence-electron chi connectivity index (χ4n) is 3.80. The number of aromatic hydroxyl groups is 1. The molecule has 0 amide bonds. The van der Waals surface area contributed by atoms with E-state index in [2.05, 4.69) is 0 Å². The minimum Gasteiger partial charge on any atom is -0.508 e. The Hall–Kier alpha value is -3.71. The van der Waals surface area contributed by atoms with Gasteiger partial charge in [-0.2, -0.15) is 5.10 Å². The fourth-order valence-corrected chi connectivity index (χ4v) is 4.63. The van der Waals surface area contributed by atoms with Gasteiger partial charge in [0, 0.05) is 22.9 Å². The molecule has 1 aliphatic heterocycles. The zero-order chi connectivity index (χ0) is 22.1. The monoisotopic (exact) mass is 445 g/mol. The van der Waals surface area contributed by atoms with Crippen molar-refractivity contribution in [1.82, 2.24) is 4.98 Å². The summed E-state index contributed by atoms with van der Waals surface area (Å²) in [7, 11) is 1.64. The number of anilines is 1. The zero-order valence-corrected chi connectivity index (χ0v) is 18.1. The topological polar surface area (TPSA) is 58.0 Å². The quantitative estimate of drug-likeness (QED) is 0.408. The van der Waals surface area contributed by atoms with Crippen molar-refractivity contribution < 1.29 is 14.2 Å². The number of hydrogen-bond acceptors (Lipinski definition) is 6. The van der Waals surface area contributed by atoms with Gasteiger partial charge in [-0.15, -0.1) is 11.3 Å². The van der Waals surface area contributed by atoms with Crippen LogP contribution in [0.1, 0.15) is 23.6 Å². The first kappa shape index (κ1) is 20.2. The van der Waals surface area contributed by atoms with Gasteiger partial charge >= 0.3 is 0 Å². The number of ether oxygens (including phenoxy) is 1. The van der Waals surface area contributed by atoms with Gasteiger partial charge in [0.05, 0.1) is 24.6 Å². The highest BCUT2D eigenvalue weighted by Gasteiger charge is 2.33. The van der Waals surface area contributed by atoms with Gasteiger partial charge in [0.1, 0.15) is 17.3 Å². The van der Waals surface area contributed by atoms with Crippen molar-refractivity contribution in [2.24, 2.45) is 5.10 Å². The lowest BCUT2D eigenvalue weighted by Crippen LogP contribution is -2.18. The molecule has 0 bridgehead atoms. The normalized spacial score (nSPS) is 15.6. The van der Waals surface area contributed by atoms with E-state index in [1.165, 1.54) is 23.5 Å². The molecule has 0 saturated heterocycles. The molecule has 0 spiro atoms.